The highest BCUT2D eigenvalue weighted by Gasteiger charge is 2.20. The molecule has 19 heavy (non-hydrogen) atoms. The van der Waals surface area contributed by atoms with Crippen molar-refractivity contribution in [3.8, 4) is 0 Å². The smallest absolute Gasteiger partial charge is 0.122 e. The lowest BCUT2D eigenvalue weighted by Crippen LogP contribution is -2.33. The van der Waals surface area contributed by atoms with Gasteiger partial charge in [0.1, 0.15) is 5.76 Å². The average molecular weight is 258 g/mol. The zero-order valence-corrected chi connectivity index (χ0v) is 11.5. The van der Waals surface area contributed by atoms with Crippen LogP contribution >= 0.6 is 0 Å². The van der Waals surface area contributed by atoms with E-state index in [0.717, 1.165) is 25.3 Å². The highest BCUT2D eigenvalue weighted by molar-refractivity contribution is 5.15. The van der Waals surface area contributed by atoms with E-state index in [0.29, 0.717) is 6.54 Å². The van der Waals surface area contributed by atoms with Gasteiger partial charge < -0.3 is 10.2 Å². The molecule has 0 radical (unpaired) electrons. The molecular formula is C16H22N2O. The summed E-state index contributed by atoms with van der Waals surface area (Å²) in [6.07, 6.45) is 2.81. The molecule has 2 aromatic rings. The van der Waals surface area contributed by atoms with E-state index in [1.807, 2.05) is 18.2 Å². The van der Waals surface area contributed by atoms with Gasteiger partial charge in [0.15, 0.2) is 0 Å². The molecule has 0 saturated heterocycles. The Kier molecular flexibility index (Phi) is 5.19. The standard InChI is InChI=1S/C16H22N2O/c1-2-10-18(13-14-7-4-3-5-8-14)15(12-17)16-9-6-11-19-16/h3-9,11,15H,2,10,12-13,17H2,1H3. The van der Waals surface area contributed by atoms with E-state index in [2.05, 4.69) is 36.1 Å². The molecular weight excluding hydrogens is 236 g/mol. The van der Waals surface area contributed by atoms with Crippen molar-refractivity contribution >= 4 is 0 Å². The second-order valence-corrected chi connectivity index (χ2v) is 4.72. The van der Waals surface area contributed by atoms with Crippen molar-refractivity contribution < 1.29 is 4.42 Å². The Hall–Kier alpha value is -1.58. The molecule has 1 unspecified atom stereocenters. The summed E-state index contributed by atoms with van der Waals surface area (Å²) in [5.74, 6) is 0.951. The van der Waals surface area contributed by atoms with Crippen LogP contribution in [-0.4, -0.2) is 18.0 Å². The van der Waals surface area contributed by atoms with Crippen LogP contribution in [-0.2, 0) is 6.54 Å². The fourth-order valence-corrected chi connectivity index (χ4v) is 2.38. The van der Waals surface area contributed by atoms with Crippen LogP contribution in [0.2, 0.25) is 0 Å². The van der Waals surface area contributed by atoms with Crippen LogP contribution < -0.4 is 5.73 Å². The number of nitrogens with two attached hydrogens (primary N) is 1. The molecule has 0 fully saturated rings. The maximum absolute atomic E-state index is 5.95. The molecule has 2 rings (SSSR count). The molecule has 3 nitrogen and oxygen atoms in total. The Balaban J connectivity index is 2.14. The minimum absolute atomic E-state index is 0.148. The summed E-state index contributed by atoms with van der Waals surface area (Å²) in [4.78, 5) is 2.38. The summed E-state index contributed by atoms with van der Waals surface area (Å²) in [5.41, 5.74) is 7.25. The van der Waals surface area contributed by atoms with Crippen molar-refractivity contribution in [3.63, 3.8) is 0 Å². The highest BCUT2D eigenvalue weighted by atomic mass is 16.3. The van der Waals surface area contributed by atoms with E-state index in [-0.39, 0.29) is 6.04 Å². The fourth-order valence-electron chi connectivity index (χ4n) is 2.38. The van der Waals surface area contributed by atoms with Crippen molar-refractivity contribution in [2.24, 2.45) is 5.73 Å². The van der Waals surface area contributed by atoms with Crippen molar-refractivity contribution in [1.82, 2.24) is 4.90 Å². The van der Waals surface area contributed by atoms with Gasteiger partial charge in [0.25, 0.3) is 0 Å². The molecule has 3 heteroatoms. The van der Waals surface area contributed by atoms with Gasteiger partial charge in [-0.1, -0.05) is 37.3 Å². The summed E-state index contributed by atoms with van der Waals surface area (Å²) in [6, 6.07) is 14.6. The second-order valence-electron chi connectivity index (χ2n) is 4.72. The van der Waals surface area contributed by atoms with Crippen LogP contribution in [0.5, 0.6) is 0 Å². The maximum atomic E-state index is 5.95. The van der Waals surface area contributed by atoms with Gasteiger partial charge in [-0.15, -0.1) is 0 Å². The first-order valence-corrected chi connectivity index (χ1v) is 6.86. The largest absolute Gasteiger partial charge is 0.468 e. The zero-order valence-electron chi connectivity index (χ0n) is 11.5. The van der Waals surface area contributed by atoms with Crippen LogP contribution in [0.25, 0.3) is 0 Å². The molecule has 0 bridgehead atoms. The first-order chi connectivity index (χ1) is 9.35. The van der Waals surface area contributed by atoms with E-state index in [1.165, 1.54) is 5.56 Å². The Morgan fingerprint density at radius 1 is 1.16 bits per heavy atom. The lowest BCUT2D eigenvalue weighted by atomic mass is 10.1. The Morgan fingerprint density at radius 3 is 2.53 bits per heavy atom. The molecule has 0 amide bonds. The van der Waals surface area contributed by atoms with Crippen molar-refractivity contribution in [3.05, 3.63) is 60.1 Å². The van der Waals surface area contributed by atoms with Crippen LogP contribution in [0.15, 0.2) is 53.1 Å². The lowest BCUT2D eigenvalue weighted by molar-refractivity contribution is 0.171. The number of furan rings is 1. The first kappa shape index (κ1) is 13.8. The number of rotatable bonds is 7. The Morgan fingerprint density at radius 2 is 1.95 bits per heavy atom. The van der Waals surface area contributed by atoms with Crippen molar-refractivity contribution in [2.45, 2.75) is 25.9 Å². The fraction of sp³-hybridized carbons (Fsp3) is 0.375. The van der Waals surface area contributed by atoms with E-state index in [1.54, 1.807) is 6.26 Å². The summed E-state index contributed by atoms with van der Waals surface area (Å²) >= 11 is 0. The minimum Gasteiger partial charge on any atom is -0.468 e. The first-order valence-electron chi connectivity index (χ1n) is 6.86. The molecule has 1 aromatic carbocycles. The molecule has 102 valence electrons. The van der Waals surface area contributed by atoms with E-state index in [9.17, 15) is 0 Å². The molecule has 2 N–H and O–H groups in total. The molecule has 1 heterocycles. The number of nitrogens with zero attached hydrogens (tertiary/aromatic N) is 1. The van der Waals surface area contributed by atoms with Crippen molar-refractivity contribution in [1.29, 1.82) is 0 Å². The number of benzene rings is 1. The molecule has 0 aliphatic heterocycles. The summed E-state index contributed by atoms with van der Waals surface area (Å²) in [5, 5.41) is 0. The van der Waals surface area contributed by atoms with Gasteiger partial charge in [-0.3, -0.25) is 4.90 Å². The summed E-state index contributed by atoms with van der Waals surface area (Å²) in [6.45, 7) is 4.67. The van der Waals surface area contributed by atoms with E-state index < -0.39 is 0 Å². The SMILES string of the molecule is CCCN(Cc1ccccc1)C(CN)c1ccco1. The quantitative estimate of drug-likeness (QED) is 0.829. The third-order valence-electron chi connectivity index (χ3n) is 3.27. The zero-order chi connectivity index (χ0) is 13.5. The van der Waals surface area contributed by atoms with E-state index in [4.69, 9.17) is 10.2 Å². The van der Waals surface area contributed by atoms with Gasteiger partial charge in [0.2, 0.25) is 0 Å². The summed E-state index contributed by atoms with van der Waals surface area (Å²) in [7, 11) is 0. The van der Waals surface area contributed by atoms with E-state index >= 15 is 0 Å². The Labute approximate surface area is 115 Å². The number of hydrogen-bond acceptors (Lipinski definition) is 3. The van der Waals surface area contributed by atoms with Crippen LogP contribution in [0.1, 0.15) is 30.7 Å². The predicted molar refractivity (Wildman–Crippen MR) is 77.6 cm³/mol. The summed E-state index contributed by atoms with van der Waals surface area (Å²) < 4.78 is 5.53. The molecule has 0 aliphatic rings. The third-order valence-corrected chi connectivity index (χ3v) is 3.27. The average Bonchev–Trinajstić information content (AvgIpc) is 2.95. The second kappa shape index (κ2) is 7.12. The van der Waals surface area contributed by atoms with Crippen LogP contribution in [0.3, 0.4) is 0 Å². The maximum Gasteiger partial charge on any atom is 0.122 e. The highest BCUT2D eigenvalue weighted by Crippen LogP contribution is 2.22. The number of hydrogen-bond donors (Lipinski definition) is 1. The monoisotopic (exact) mass is 258 g/mol. The van der Waals surface area contributed by atoms with Gasteiger partial charge in [-0.2, -0.15) is 0 Å². The normalized spacial score (nSPS) is 12.8. The van der Waals surface area contributed by atoms with Gasteiger partial charge >= 0.3 is 0 Å². The molecule has 0 aliphatic carbocycles. The molecule has 0 spiro atoms. The van der Waals surface area contributed by atoms with Crippen molar-refractivity contribution in [2.75, 3.05) is 13.1 Å². The predicted octanol–water partition coefficient (Wildman–Crippen LogP) is 3.19. The van der Waals surface area contributed by atoms with Gasteiger partial charge in [0, 0.05) is 13.1 Å². The lowest BCUT2D eigenvalue weighted by Gasteiger charge is -2.29. The van der Waals surface area contributed by atoms with Crippen LogP contribution in [0.4, 0.5) is 0 Å². The minimum atomic E-state index is 0.148. The van der Waals surface area contributed by atoms with Crippen LogP contribution in [0, 0.1) is 0 Å². The topological polar surface area (TPSA) is 42.4 Å². The molecule has 0 saturated carbocycles. The van der Waals surface area contributed by atoms with Gasteiger partial charge in [-0.05, 0) is 30.7 Å². The third kappa shape index (κ3) is 3.69. The Bertz CT molecular complexity index is 453. The molecule has 1 atom stereocenters. The molecule has 1 aromatic heterocycles. The van der Waals surface area contributed by atoms with Gasteiger partial charge in [-0.25, -0.2) is 0 Å². The van der Waals surface area contributed by atoms with Gasteiger partial charge in [0.05, 0.1) is 12.3 Å².